The van der Waals surface area contributed by atoms with Crippen LogP contribution in [0, 0.1) is 6.92 Å². The smallest absolute Gasteiger partial charge is 0.267 e. The summed E-state index contributed by atoms with van der Waals surface area (Å²) in [5.41, 5.74) is 5.30. The quantitative estimate of drug-likeness (QED) is 0.465. The van der Waals surface area contributed by atoms with Gasteiger partial charge in [-0.3, -0.25) is 14.8 Å². The Balaban J connectivity index is 1.65. The Morgan fingerprint density at radius 2 is 1.83 bits per heavy atom. The van der Waals surface area contributed by atoms with Gasteiger partial charge in [0.05, 0.1) is 11.4 Å². The lowest BCUT2D eigenvalue weighted by Crippen LogP contribution is -2.38. The van der Waals surface area contributed by atoms with Crippen molar-refractivity contribution < 1.29 is 14.8 Å². The first kappa shape index (κ1) is 20.5. The summed E-state index contributed by atoms with van der Waals surface area (Å²) in [6.45, 7) is 3.60. The first-order valence-corrected chi connectivity index (χ1v) is 9.68. The predicted molar refractivity (Wildman–Crippen MR) is 112 cm³/mol. The van der Waals surface area contributed by atoms with Gasteiger partial charge in [0.25, 0.3) is 5.91 Å². The van der Waals surface area contributed by atoms with Gasteiger partial charge >= 0.3 is 0 Å². The number of nitrogens with zero attached hydrogens (tertiary/aromatic N) is 2. The van der Waals surface area contributed by atoms with Gasteiger partial charge in [0, 0.05) is 31.2 Å². The van der Waals surface area contributed by atoms with E-state index in [4.69, 9.17) is 5.21 Å². The summed E-state index contributed by atoms with van der Waals surface area (Å²) in [7, 11) is 0. The van der Waals surface area contributed by atoms with Gasteiger partial charge < -0.3 is 4.90 Å². The number of hydroxylamine groups is 1. The molecule has 1 fully saturated rings. The van der Waals surface area contributed by atoms with E-state index in [-0.39, 0.29) is 5.91 Å². The minimum absolute atomic E-state index is 0.0225. The number of hydrogen-bond donors (Lipinski definition) is 2. The van der Waals surface area contributed by atoms with E-state index in [9.17, 15) is 9.59 Å². The zero-order valence-corrected chi connectivity index (χ0v) is 16.4. The van der Waals surface area contributed by atoms with E-state index in [2.05, 4.69) is 30.1 Å². The van der Waals surface area contributed by atoms with Crippen molar-refractivity contribution in [3.63, 3.8) is 0 Å². The zero-order chi connectivity index (χ0) is 20.6. The third-order valence-corrected chi connectivity index (χ3v) is 5.07. The molecule has 1 saturated heterocycles. The lowest BCUT2D eigenvalue weighted by Gasteiger charge is -2.33. The van der Waals surface area contributed by atoms with Crippen molar-refractivity contribution in [3.8, 4) is 0 Å². The lowest BCUT2D eigenvalue weighted by atomic mass is 9.88. The van der Waals surface area contributed by atoms with Gasteiger partial charge in [-0.2, -0.15) is 0 Å². The number of pyridine rings is 1. The molecule has 2 N–H and O–H groups in total. The fourth-order valence-corrected chi connectivity index (χ4v) is 3.59. The Bertz CT molecular complexity index is 936. The van der Waals surface area contributed by atoms with Crippen LogP contribution < -0.4 is 5.48 Å². The SMILES string of the molecule is Cc1ccccc1C1CCCN(C(=O)C=Cc2cccc(C=CC(=O)NO)n2)C1. The Morgan fingerprint density at radius 1 is 1.10 bits per heavy atom. The Labute approximate surface area is 170 Å². The summed E-state index contributed by atoms with van der Waals surface area (Å²) in [4.78, 5) is 30.0. The molecule has 29 heavy (non-hydrogen) atoms. The number of aryl methyl sites for hydroxylation is 1. The van der Waals surface area contributed by atoms with Crippen LogP contribution in [0.15, 0.2) is 54.6 Å². The molecule has 2 heterocycles. The number of likely N-dealkylation sites (tertiary alicyclic amines) is 1. The average Bonchev–Trinajstić information content (AvgIpc) is 2.76. The number of carbonyl (C=O) groups is 2. The van der Waals surface area contributed by atoms with Crippen molar-refractivity contribution >= 4 is 24.0 Å². The molecule has 0 radical (unpaired) electrons. The molecule has 3 rings (SSSR count). The van der Waals surface area contributed by atoms with Gasteiger partial charge in [-0.05, 0) is 55.2 Å². The number of amides is 2. The molecular formula is C23H25N3O3. The summed E-state index contributed by atoms with van der Waals surface area (Å²) in [5.74, 6) is -0.284. The molecule has 0 saturated carbocycles. The fraction of sp³-hybridized carbons (Fsp3) is 0.261. The number of rotatable bonds is 5. The fourth-order valence-electron chi connectivity index (χ4n) is 3.59. The Hall–Kier alpha value is -3.25. The lowest BCUT2D eigenvalue weighted by molar-refractivity contribution is -0.127. The monoisotopic (exact) mass is 391 g/mol. The normalized spacial score (nSPS) is 17.0. The molecule has 6 heteroatoms. The summed E-state index contributed by atoms with van der Waals surface area (Å²) in [5, 5.41) is 8.52. The van der Waals surface area contributed by atoms with Gasteiger partial charge in [0.1, 0.15) is 0 Å². The van der Waals surface area contributed by atoms with E-state index >= 15 is 0 Å². The highest BCUT2D eigenvalue weighted by atomic mass is 16.5. The van der Waals surface area contributed by atoms with Crippen LogP contribution in [0.5, 0.6) is 0 Å². The van der Waals surface area contributed by atoms with Crippen molar-refractivity contribution in [2.45, 2.75) is 25.7 Å². The zero-order valence-electron chi connectivity index (χ0n) is 16.4. The predicted octanol–water partition coefficient (Wildman–Crippen LogP) is 3.33. The number of piperidine rings is 1. The van der Waals surface area contributed by atoms with Gasteiger partial charge in [-0.15, -0.1) is 0 Å². The van der Waals surface area contributed by atoms with Crippen molar-refractivity contribution in [1.82, 2.24) is 15.4 Å². The molecule has 6 nitrogen and oxygen atoms in total. The van der Waals surface area contributed by atoms with Crippen LogP contribution >= 0.6 is 0 Å². The highest BCUT2D eigenvalue weighted by molar-refractivity contribution is 5.92. The maximum absolute atomic E-state index is 12.7. The van der Waals surface area contributed by atoms with Crippen LogP contribution in [-0.2, 0) is 9.59 Å². The second-order valence-corrected chi connectivity index (χ2v) is 7.11. The van der Waals surface area contributed by atoms with Crippen LogP contribution in [0.1, 0.15) is 41.3 Å². The highest BCUT2D eigenvalue weighted by Gasteiger charge is 2.24. The van der Waals surface area contributed by atoms with Crippen molar-refractivity contribution in [1.29, 1.82) is 0 Å². The maximum atomic E-state index is 12.7. The van der Waals surface area contributed by atoms with E-state index in [1.165, 1.54) is 28.8 Å². The molecule has 0 spiro atoms. The molecule has 1 aliphatic rings. The first-order chi connectivity index (χ1) is 14.1. The molecule has 2 amide bonds. The second kappa shape index (κ2) is 9.80. The summed E-state index contributed by atoms with van der Waals surface area (Å²) in [6.07, 6.45) is 7.99. The third kappa shape index (κ3) is 5.62. The Morgan fingerprint density at radius 3 is 2.55 bits per heavy atom. The molecule has 1 aromatic carbocycles. The summed E-state index contributed by atoms with van der Waals surface area (Å²) < 4.78 is 0. The van der Waals surface area contributed by atoms with E-state index < -0.39 is 5.91 Å². The van der Waals surface area contributed by atoms with Crippen LogP contribution in [-0.4, -0.2) is 40.0 Å². The average molecular weight is 391 g/mol. The molecule has 1 aliphatic heterocycles. The molecule has 1 atom stereocenters. The van der Waals surface area contributed by atoms with E-state index in [1.54, 1.807) is 30.4 Å². The number of hydrogen-bond acceptors (Lipinski definition) is 4. The first-order valence-electron chi connectivity index (χ1n) is 9.68. The van der Waals surface area contributed by atoms with Crippen molar-refractivity contribution in [2.75, 3.05) is 13.1 Å². The van der Waals surface area contributed by atoms with E-state index in [0.29, 0.717) is 17.3 Å². The molecule has 1 aromatic heterocycles. The maximum Gasteiger partial charge on any atom is 0.267 e. The van der Waals surface area contributed by atoms with Crippen LogP contribution in [0.4, 0.5) is 0 Å². The molecule has 0 aliphatic carbocycles. The van der Waals surface area contributed by atoms with Crippen LogP contribution in [0.2, 0.25) is 0 Å². The standard InChI is InChI=1S/C23H25N3O3/c1-17-6-2-3-10-21(17)18-7-5-15-26(16-18)23(28)14-12-20-9-4-8-19(24-20)11-13-22(27)25-29/h2-4,6,8-14,18,29H,5,7,15-16H2,1H3,(H,25,27). The van der Waals surface area contributed by atoms with Crippen molar-refractivity contribution in [3.05, 3.63) is 77.1 Å². The second-order valence-electron chi connectivity index (χ2n) is 7.11. The molecule has 1 unspecified atom stereocenters. The molecule has 150 valence electrons. The Kier molecular flexibility index (Phi) is 6.92. The number of carbonyl (C=O) groups excluding carboxylic acids is 2. The summed E-state index contributed by atoms with van der Waals surface area (Å²) in [6, 6.07) is 13.7. The van der Waals surface area contributed by atoms with Gasteiger partial charge in [0.2, 0.25) is 5.91 Å². The van der Waals surface area contributed by atoms with Gasteiger partial charge in [0.15, 0.2) is 0 Å². The van der Waals surface area contributed by atoms with E-state index in [0.717, 1.165) is 25.9 Å². The largest absolute Gasteiger partial charge is 0.339 e. The number of benzene rings is 1. The third-order valence-electron chi connectivity index (χ3n) is 5.07. The molecule has 0 bridgehead atoms. The minimum Gasteiger partial charge on any atom is -0.339 e. The van der Waals surface area contributed by atoms with Crippen LogP contribution in [0.25, 0.3) is 12.2 Å². The molecule has 2 aromatic rings. The van der Waals surface area contributed by atoms with Gasteiger partial charge in [-0.25, -0.2) is 10.5 Å². The van der Waals surface area contributed by atoms with Crippen molar-refractivity contribution in [2.24, 2.45) is 0 Å². The van der Waals surface area contributed by atoms with Gasteiger partial charge in [-0.1, -0.05) is 30.3 Å². The number of aromatic nitrogens is 1. The van der Waals surface area contributed by atoms with Crippen LogP contribution in [0.3, 0.4) is 0 Å². The topological polar surface area (TPSA) is 82.5 Å². The minimum atomic E-state index is -0.628. The van der Waals surface area contributed by atoms with E-state index in [1.807, 2.05) is 11.0 Å². The molecular weight excluding hydrogens is 366 g/mol. The summed E-state index contributed by atoms with van der Waals surface area (Å²) >= 11 is 0. The number of nitrogens with one attached hydrogen (secondary N) is 1. The highest BCUT2D eigenvalue weighted by Crippen LogP contribution is 2.29.